The highest BCUT2D eigenvalue weighted by molar-refractivity contribution is 9.10. The molecule has 5 nitrogen and oxygen atoms in total. The summed E-state index contributed by atoms with van der Waals surface area (Å²) in [6, 6.07) is 3.27. The van der Waals surface area contributed by atoms with E-state index in [9.17, 15) is 15.0 Å². The molecule has 0 aliphatic carbocycles. The molecule has 1 aromatic rings. The number of carboxylic acid groups (broad SMARTS) is 1. The van der Waals surface area contributed by atoms with Gasteiger partial charge in [0.15, 0.2) is 0 Å². The number of halogens is 1. The molecule has 1 heterocycles. The predicted molar refractivity (Wildman–Crippen MR) is 74.8 cm³/mol. The van der Waals surface area contributed by atoms with E-state index in [4.69, 9.17) is 5.11 Å². The van der Waals surface area contributed by atoms with Crippen LogP contribution in [0.1, 0.15) is 32.1 Å². The number of carboxylic acids is 1. The number of hydrogen-bond donors (Lipinski definition) is 3. The van der Waals surface area contributed by atoms with Crippen LogP contribution in [-0.4, -0.2) is 31.1 Å². The maximum absolute atomic E-state index is 10.9. The van der Waals surface area contributed by atoms with Gasteiger partial charge in [-0.3, -0.25) is 4.79 Å². The summed E-state index contributed by atoms with van der Waals surface area (Å²) in [5.74, 6) is -0.860. The summed E-state index contributed by atoms with van der Waals surface area (Å²) in [7, 11) is 0. The van der Waals surface area contributed by atoms with Gasteiger partial charge in [-0.1, -0.05) is 15.9 Å². The van der Waals surface area contributed by atoms with Crippen molar-refractivity contribution in [1.82, 2.24) is 4.31 Å². The van der Waals surface area contributed by atoms with Gasteiger partial charge in [-0.15, -0.1) is 0 Å². The van der Waals surface area contributed by atoms with Gasteiger partial charge in [0.1, 0.15) is 12.0 Å². The summed E-state index contributed by atoms with van der Waals surface area (Å²) in [5, 5.41) is 29.1. The number of aliphatic hydroxyl groups excluding tert-OH is 1. The Morgan fingerprint density at radius 2 is 2.16 bits per heavy atom. The van der Waals surface area contributed by atoms with Crippen molar-refractivity contribution in [2.75, 3.05) is 0 Å². The van der Waals surface area contributed by atoms with E-state index in [1.165, 1.54) is 11.9 Å². The minimum Gasteiger partial charge on any atom is -0.507 e. The Morgan fingerprint density at radius 3 is 2.74 bits per heavy atom. The van der Waals surface area contributed by atoms with Gasteiger partial charge >= 0.3 is 5.97 Å². The lowest BCUT2D eigenvalue weighted by Gasteiger charge is -2.35. The van der Waals surface area contributed by atoms with Crippen molar-refractivity contribution in [2.24, 2.45) is 0 Å². The highest BCUT2D eigenvalue weighted by Gasteiger charge is 2.42. The van der Waals surface area contributed by atoms with Gasteiger partial charge in [0, 0.05) is 15.6 Å². The number of aliphatic carboxylic acids is 1. The van der Waals surface area contributed by atoms with Crippen molar-refractivity contribution in [3.05, 3.63) is 22.2 Å². The summed E-state index contributed by atoms with van der Waals surface area (Å²) in [5.41, 5.74) is -0.163. The fourth-order valence-corrected chi connectivity index (χ4v) is 3.68. The van der Waals surface area contributed by atoms with E-state index < -0.39 is 17.7 Å². The number of phenolic OH excluding ortho intramolecular Hbond substituents is 1. The first-order valence-corrected chi connectivity index (χ1v) is 7.18. The molecule has 1 atom stereocenters. The number of aromatic hydroxyl groups is 1. The topological polar surface area (TPSA) is 81.0 Å². The van der Waals surface area contributed by atoms with E-state index in [1.807, 2.05) is 0 Å². The number of nitrogens with zero attached hydrogens (tertiary/aromatic N) is 1. The van der Waals surface area contributed by atoms with Gasteiger partial charge in [0.25, 0.3) is 0 Å². The molecule has 0 aromatic heterocycles. The van der Waals surface area contributed by atoms with Crippen LogP contribution >= 0.6 is 27.9 Å². The quantitative estimate of drug-likeness (QED) is 0.729. The highest BCUT2D eigenvalue weighted by atomic mass is 79.9. The average molecular weight is 348 g/mol. The van der Waals surface area contributed by atoms with Crippen LogP contribution in [0.25, 0.3) is 0 Å². The van der Waals surface area contributed by atoms with Crippen molar-refractivity contribution < 1.29 is 20.1 Å². The average Bonchev–Trinajstić information content (AvgIpc) is 2.55. The maximum Gasteiger partial charge on any atom is 0.305 e. The molecule has 2 rings (SSSR count). The molecule has 0 saturated heterocycles. The Labute approximate surface area is 123 Å². The molecule has 0 fully saturated rings. The first-order chi connectivity index (χ1) is 8.72. The van der Waals surface area contributed by atoms with Crippen molar-refractivity contribution >= 4 is 33.8 Å². The summed E-state index contributed by atoms with van der Waals surface area (Å²) >= 11 is 4.44. The molecule has 1 aliphatic heterocycles. The highest BCUT2D eigenvalue weighted by Crippen LogP contribution is 2.52. The van der Waals surface area contributed by atoms with E-state index in [1.54, 1.807) is 30.3 Å². The Morgan fingerprint density at radius 1 is 1.53 bits per heavy atom. The fourth-order valence-electron chi connectivity index (χ4n) is 2.07. The van der Waals surface area contributed by atoms with Crippen molar-refractivity contribution in [3.8, 4) is 5.75 Å². The molecule has 19 heavy (non-hydrogen) atoms. The lowest BCUT2D eigenvalue weighted by atomic mass is 9.99. The number of aliphatic hydroxyl groups is 1. The molecule has 0 amide bonds. The number of rotatable bonds is 3. The zero-order chi connectivity index (χ0) is 14.4. The molecular formula is C12H14BrNO4S. The number of carbonyl (C=O) groups is 1. The first kappa shape index (κ1) is 14.6. The van der Waals surface area contributed by atoms with Gasteiger partial charge in [0.2, 0.25) is 0 Å². The first-order valence-electron chi connectivity index (χ1n) is 5.62. The van der Waals surface area contributed by atoms with Crippen LogP contribution in [0.5, 0.6) is 5.75 Å². The predicted octanol–water partition coefficient (Wildman–Crippen LogP) is 2.72. The maximum atomic E-state index is 10.9. The number of fused-ring (bicyclic) bond motifs is 1. The van der Waals surface area contributed by atoms with Crippen LogP contribution < -0.4 is 0 Å². The number of phenols is 1. The Kier molecular flexibility index (Phi) is 3.83. The zero-order valence-corrected chi connectivity index (χ0v) is 12.8. The van der Waals surface area contributed by atoms with Crippen LogP contribution in [0.4, 0.5) is 0 Å². The fraction of sp³-hybridized carbons (Fsp3) is 0.417. The molecule has 0 saturated carbocycles. The second kappa shape index (κ2) is 4.97. The van der Waals surface area contributed by atoms with Crippen LogP contribution in [0.2, 0.25) is 0 Å². The molecule has 1 aromatic carbocycles. The Balaban J connectivity index is 2.35. The summed E-state index contributed by atoms with van der Waals surface area (Å²) in [6.45, 7) is 3.49. The van der Waals surface area contributed by atoms with Gasteiger partial charge < -0.3 is 15.3 Å². The standard InChI is InChI=1S/C12H14BrNO4S/c1-12(2,5-9(16)17)14-11(18)7-3-6(13)4-8(15)10(7)19-14/h3-4,11,15,18H,5H2,1-2H3,(H,16,17). The van der Waals surface area contributed by atoms with Crippen molar-refractivity contribution in [2.45, 2.75) is 36.9 Å². The van der Waals surface area contributed by atoms with Crippen LogP contribution in [0.15, 0.2) is 21.5 Å². The molecule has 0 bridgehead atoms. The molecular weight excluding hydrogens is 334 g/mol. The second-order valence-corrected chi connectivity index (χ2v) is 6.92. The van der Waals surface area contributed by atoms with E-state index in [0.29, 0.717) is 14.9 Å². The number of hydrogen-bond acceptors (Lipinski definition) is 5. The van der Waals surface area contributed by atoms with E-state index >= 15 is 0 Å². The zero-order valence-electron chi connectivity index (χ0n) is 10.4. The van der Waals surface area contributed by atoms with E-state index in [2.05, 4.69) is 15.9 Å². The normalized spacial score (nSPS) is 19.5. The monoisotopic (exact) mass is 347 g/mol. The smallest absolute Gasteiger partial charge is 0.305 e. The molecule has 0 spiro atoms. The van der Waals surface area contributed by atoms with Gasteiger partial charge in [0.05, 0.1) is 11.3 Å². The molecule has 1 aliphatic rings. The minimum atomic E-state index is -0.947. The SMILES string of the molecule is CC(C)(CC(=O)O)N1Sc2c(O)cc(Br)cc2C1O. The largest absolute Gasteiger partial charge is 0.507 e. The van der Waals surface area contributed by atoms with Crippen molar-refractivity contribution in [1.29, 1.82) is 0 Å². The van der Waals surface area contributed by atoms with Crippen LogP contribution in [0.3, 0.4) is 0 Å². The van der Waals surface area contributed by atoms with Crippen molar-refractivity contribution in [3.63, 3.8) is 0 Å². The van der Waals surface area contributed by atoms with E-state index in [-0.39, 0.29) is 12.2 Å². The minimum absolute atomic E-state index is 0.0713. The Hall–Kier alpha value is -0.760. The molecule has 3 N–H and O–H groups in total. The third kappa shape index (κ3) is 2.74. The summed E-state index contributed by atoms with van der Waals surface area (Å²) < 4.78 is 2.26. The number of benzene rings is 1. The molecule has 104 valence electrons. The molecule has 0 radical (unpaired) electrons. The third-order valence-electron chi connectivity index (χ3n) is 2.93. The molecule has 1 unspecified atom stereocenters. The van der Waals surface area contributed by atoms with Crippen LogP contribution in [0, 0.1) is 0 Å². The van der Waals surface area contributed by atoms with Gasteiger partial charge in [-0.05, 0) is 37.9 Å². The Bertz CT molecular complexity index is 535. The third-order valence-corrected chi connectivity index (χ3v) is 4.91. The van der Waals surface area contributed by atoms with Gasteiger partial charge in [-0.2, -0.15) is 0 Å². The lowest BCUT2D eigenvalue weighted by molar-refractivity contribution is -0.140. The van der Waals surface area contributed by atoms with E-state index in [0.717, 1.165) is 0 Å². The van der Waals surface area contributed by atoms with Crippen LogP contribution in [-0.2, 0) is 4.79 Å². The lowest BCUT2D eigenvalue weighted by Crippen LogP contribution is -2.41. The summed E-state index contributed by atoms with van der Waals surface area (Å²) in [6.07, 6.45) is -1.05. The van der Waals surface area contributed by atoms with Gasteiger partial charge in [-0.25, -0.2) is 4.31 Å². The molecule has 7 heteroatoms. The second-order valence-electron chi connectivity index (χ2n) is 5.02. The summed E-state index contributed by atoms with van der Waals surface area (Å²) in [4.78, 5) is 11.5.